The van der Waals surface area contributed by atoms with E-state index in [9.17, 15) is 13.2 Å². The maximum atomic E-state index is 12.4. The van der Waals surface area contributed by atoms with E-state index in [0.29, 0.717) is 25.1 Å². The highest BCUT2D eigenvalue weighted by Crippen LogP contribution is 2.24. The first-order chi connectivity index (χ1) is 8.91. The van der Waals surface area contributed by atoms with Crippen LogP contribution in [0.5, 0.6) is 0 Å². The minimum atomic E-state index is -3.63. The third-order valence-corrected chi connectivity index (χ3v) is 5.13. The highest BCUT2D eigenvalue weighted by Gasteiger charge is 2.33. The van der Waals surface area contributed by atoms with Crippen LogP contribution in [0.15, 0.2) is 29.2 Å². The van der Waals surface area contributed by atoms with Gasteiger partial charge in [-0.2, -0.15) is 4.31 Å². The molecule has 104 valence electrons. The molecule has 7 heteroatoms. The Bertz CT molecular complexity index is 568. The number of hydrogen-bond donors (Lipinski definition) is 2. The summed E-state index contributed by atoms with van der Waals surface area (Å²) in [5.41, 5.74) is 6.01. The highest BCUT2D eigenvalue weighted by molar-refractivity contribution is 7.89. The maximum absolute atomic E-state index is 12.4. The Kier molecular flexibility index (Phi) is 3.77. The van der Waals surface area contributed by atoms with Gasteiger partial charge in [0.1, 0.15) is 0 Å². The second-order valence-electron chi connectivity index (χ2n) is 4.61. The Morgan fingerprint density at radius 2 is 1.95 bits per heavy atom. The van der Waals surface area contributed by atoms with Crippen LogP contribution in [-0.4, -0.2) is 36.9 Å². The predicted molar refractivity (Wildman–Crippen MR) is 70.0 cm³/mol. The van der Waals surface area contributed by atoms with Crippen molar-refractivity contribution in [1.82, 2.24) is 4.31 Å². The van der Waals surface area contributed by atoms with Crippen molar-refractivity contribution in [3.8, 4) is 0 Å². The normalized spacial score (nSPS) is 21.2. The van der Waals surface area contributed by atoms with Crippen LogP contribution in [0.2, 0.25) is 0 Å². The molecular weight excluding hydrogens is 268 g/mol. The van der Waals surface area contributed by atoms with Gasteiger partial charge in [-0.15, -0.1) is 0 Å². The second-order valence-corrected chi connectivity index (χ2v) is 6.55. The zero-order valence-electron chi connectivity index (χ0n) is 10.3. The molecule has 1 aromatic carbocycles. The van der Waals surface area contributed by atoms with Crippen molar-refractivity contribution in [3.05, 3.63) is 24.3 Å². The van der Waals surface area contributed by atoms with E-state index in [1.165, 1.54) is 28.6 Å². The maximum Gasteiger partial charge on any atom is 0.307 e. The lowest BCUT2D eigenvalue weighted by molar-refractivity contribution is -0.142. The summed E-state index contributed by atoms with van der Waals surface area (Å²) in [4.78, 5) is 11.1. The lowest BCUT2D eigenvalue weighted by Crippen LogP contribution is -2.42. The van der Waals surface area contributed by atoms with E-state index < -0.39 is 21.9 Å². The molecule has 6 nitrogen and oxygen atoms in total. The third kappa shape index (κ3) is 2.87. The number of rotatable bonds is 3. The zero-order chi connectivity index (χ0) is 14.0. The number of nitrogens with zero attached hydrogens (tertiary/aromatic N) is 1. The molecule has 0 amide bonds. The number of sulfonamides is 1. The molecule has 0 saturated carbocycles. The first kappa shape index (κ1) is 13.8. The molecule has 0 aliphatic carbocycles. The Labute approximate surface area is 111 Å². The molecule has 0 unspecified atom stereocenters. The number of carboxylic acids is 1. The van der Waals surface area contributed by atoms with Crippen molar-refractivity contribution in [2.24, 2.45) is 5.92 Å². The second kappa shape index (κ2) is 5.18. The molecule has 3 N–H and O–H groups in total. The summed E-state index contributed by atoms with van der Waals surface area (Å²) < 4.78 is 26.0. The lowest BCUT2D eigenvalue weighted by Gasteiger charge is -2.29. The number of benzene rings is 1. The van der Waals surface area contributed by atoms with Crippen molar-refractivity contribution >= 4 is 21.7 Å². The van der Waals surface area contributed by atoms with Gasteiger partial charge in [0.15, 0.2) is 0 Å². The van der Waals surface area contributed by atoms with Gasteiger partial charge in [0, 0.05) is 18.8 Å². The number of hydrogen-bond acceptors (Lipinski definition) is 4. The van der Waals surface area contributed by atoms with Gasteiger partial charge < -0.3 is 10.8 Å². The number of aliphatic carboxylic acids is 1. The average Bonchev–Trinajstić information content (AvgIpc) is 2.39. The molecule has 0 radical (unpaired) electrons. The van der Waals surface area contributed by atoms with Crippen LogP contribution < -0.4 is 5.73 Å². The standard InChI is InChI=1S/C12H16N2O4S/c13-10-3-5-11(6-4-10)19(17,18)14-7-1-2-9(8-14)12(15)16/h3-6,9H,1-2,7-8,13H2,(H,15,16)/t9-/m0/s1. The van der Waals surface area contributed by atoms with Crippen LogP contribution >= 0.6 is 0 Å². The molecule has 1 heterocycles. The monoisotopic (exact) mass is 284 g/mol. The van der Waals surface area contributed by atoms with Gasteiger partial charge in [-0.3, -0.25) is 4.79 Å². The van der Waals surface area contributed by atoms with Crippen molar-refractivity contribution < 1.29 is 18.3 Å². The van der Waals surface area contributed by atoms with E-state index >= 15 is 0 Å². The molecule has 1 aliphatic rings. The Balaban J connectivity index is 2.24. The molecule has 0 spiro atoms. The molecule has 1 saturated heterocycles. The summed E-state index contributed by atoms with van der Waals surface area (Å²) in [6.07, 6.45) is 1.08. The van der Waals surface area contributed by atoms with Crippen LogP contribution in [0.25, 0.3) is 0 Å². The average molecular weight is 284 g/mol. The summed E-state index contributed by atoms with van der Waals surface area (Å²) in [5.74, 6) is -1.57. The summed E-state index contributed by atoms with van der Waals surface area (Å²) in [5, 5.41) is 8.99. The molecular formula is C12H16N2O4S. The SMILES string of the molecule is Nc1ccc(S(=O)(=O)N2CCC[C@H](C(=O)O)C2)cc1. The third-order valence-electron chi connectivity index (χ3n) is 3.25. The number of carbonyl (C=O) groups is 1. The molecule has 0 aromatic heterocycles. The molecule has 2 rings (SSSR count). The van der Waals surface area contributed by atoms with Crippen LogP contribution in [-0.2, 0) is 14.8 Å². The van der Waals surface area contributed by atoms with Crippen LogP contribution in [0.4, 0.5) is 5.69 Å². The Morgan fingerprint density at radius 1 is 1.32 bits per heavy atom. The number of nitrogen functional groups attached to an aromatic ring is 1. The predicted octanol–water partition coefficient (Wildman–Crippen LogP) is 0.754. The molecule has 1 fully saturated rings. The van der Waals surface area contributed by atoms with Crippen molar-refractivity contribution in [2.75, 3.05) is 18.8 Å². The van der Waals surface area contributed by atoms with Gasteiger partial charge in [-0.05, 0) is 37.1 Å². The van der Waals surface area contributed by atoms with Crippen LogP contribution in [0.3, 0.4) is 0 Å². The first-order valence-electron chi connectivity index (χ1n) is 6.00. The quantitative estimate of drug-likeness (QED) is 0.798. The summed E-state index contributed by atoms with van der Waals surface area (Å²) in [6.45, 7) is 0.387. The number of carboxylic acid groups (broad SMARTS) is 1. The molecule has 19 heavy (non-hydrogen) atoms. The van der Waals surface area contributed by atoms with Gasteiger partial charge in [-0.1, -0.05) is 0 Å². The van der Waals surface area contributed by atoms with Gasteiger partial charge in [0.05, 0.1) is 10.8 Å². The van der Waals surface area contributed by atoms with Crippen molar-refractivity contribution in [2.45, 2.75) is 17.7 Å². The molecule has 1 aliphatic heterocycles. The van der Waals surface area contributed by atoms with E-state index in [-0.39, 0.29) is 11.4 Å². The highest BCUT2D eigenvalue weighted by atomic mass is 32.2. The van der Waals surface area contributed by atoms with Gasteiger partial charge in [0.2, 0.25) is 10.0 Å². The number of anilines is 1. The number of nitrogens with two attached hydrogens (primary N) is 1. The van der Waals surface area contributed by atoms with E-state index in [0.717, 1.165) is 0 Å². The van der Waals surface area contributed by atoms with E-state index in [1.54, 1.807) is 0 Å². The molecule has 0 bridgehead atoms. The van der Waals surface area contributed by atoms with Crippen molar-refractivity contribution in [1.29, 1.82) is 0 Å². The Hall–Kier alpha value is -1.60. The first-order valence-corrected chi connectivity index (χ1v) is 7.44. The van der Waals surface area contributed by atoms with Crippen LogP contribution in [0.1, 0.15) is 12.8 Å². The minimum Gasteiger partial charge on any atom is -0.481 e. The fourth-order valence-corrected chi connectivity index (χ4v) is 3.67. The topological polar surface area (TPSA) is 101 Å². The Morgan fingerprint density at radius 3 is 2.53 bits per heavy atom. The van der Waals surface area contributed by atoms with Gasteiger partial charge in [-0.25, -0.2) is 8.42 Å². The largest absolute Gasteiger partial charge is 0.481 e. The number of piperidine rings is 1. The summed E-state index contributed by atoms with van der Waals surface area (Å²) in [7, 11) is -3.63. The molecule has 1 atom stereocenters. The van der Waals surface area contributed by atoms with Gasteiger partial charge in [0.25, 0.3) is 0 Å². The van der Waals surface area contributed by atoms with E-state index in [2.05, 4.69) is 0 Å². The fraction of sp³-hybridized carbons (Fsp3) is 0.417. The smallest absolute Gasteiger partial charge is 0.307 e. The van der Waals surface area contributed by atoms with Crippen LogP contribution in [0, 0.1) is 5.92 Å². The van der Waals surface area contributed by atoms with Gasteiger partial charge >= 0.3 is 5.97 Å². The molecule has 1 aromatic rings. The zero-order valence-corrected chi connectivity index (χ0v) is 11.1. The van der Waals surface area contributed by atoms with Crippen molar-refractivity contribution in [3.63, 3.8) is 0 Å². The summed E-state index contributed by atoms with van der Waals surface area (Å²) >= 11 is 0. The lowest BCUT2D eigenvalue weighted by atomic mass is 10.0. The fourth-order valence-electron chi connectivity index (χ4n) is 2.15. The van der Waals surface area contributed by atoms with E-state index in [4.69, 9.17) is 10.8 Å². The minimum absolute atomic E-state index is 0.0298. The van der Waals surface area contributed by atoms with E-state index in [1.807, 2.05) is 0 Å². The summed E-state index contributed by atoms with van der Waals surface area (Å²) in [6, 6.07) is 5.92.